The monoisotopic (exact) mass is 235 g/mol. The molecule has 3 nitrogen and oxygen atoms in total. The largest absolute Gasteiger partial charge is 0.511 e. The van der Waals surface area contributed by atoms with Crippen LogP contribution in [0.1, 0.15) is 46.5 Å². The summed E-state index contributed by atoms with van der Waals surface area (Å²) in [5.74, 6) is 0.232. The van der Waals surface area contributed by atoms with Gasteiger partial charge >= 0.3 is 0 Å². The highest BCUT2D eigenvalue weighted by Gasteiger charge is 2.54. The SMILES string of the molecule is CCC12CCCOC1C(C)(C)C(O)=C(C#N)C2. The molecule has 2 rings (SSSR count). The highest BCUT2D eigenvalue weighted by Crippen LogP contribution is 2.55. The molecule has 1 aliphatic carbocycles. The van der Waals surface area contributed by atoms with Gasteiger partial charge in [-0.1, -0.05) is 20.8 Å². The lowest BCUT2D eigenvalue weighted by Crippen LogP contribution is -2.53. The summed E-state index contributed by atoms with van der Waals surface area (Å²) in [5, 5.41) is 19.4. The molecule has 94 valence electrons. The lowest BCUT2D eigenvalue weighted by molar-refractivity contribution is -0.148. The fourth-order valence-electron chi connectivity index (χ4n) is 3.62. The van der Waals surface area contributed by atoms with E-state index in [0.29, 0.717) is 12.0 Å². The number of nitrogens with zero attached hydrogens (tertiary/aromatic N) is 1. The first kappa shape index (κ1) is 12.4. The summed E-state index contributed by atoms with van der Waals surface area (Å²) in [6.45, 7) is 6.90. The van der Waals surface area contributed by atoms with Gasteiger partial charge in [0, 0.05) is 17.4 Å². The summed E-state index contributed by atoms with van der Waals surface area (Å²) in [4.78, 5) is 0. The molecule has 0 amide bonds. The van der Waals surface area contributed by atoms with E-state index >= 15 is 0 Å². The molecule has 0 spiro atoms. The quantitative estimate of drug-likeness (QED) is 0.758. The van der Waals surface area contributed by atoms with Crippen LogP contribution in [-0.2, 0) is 4.74 Å². The first-order chi connectivity index (χ1) is 7.98. The third kappa shape index (κ3) is 1.66. The van der Waals surface area contributed by atoms with Crippen molar-refractivity contribution >= 4 is 0 Å². The Morgan fingerprint density at radius 2 is 2.24 bits per heavy atom. The summed E-state index contributed by atoms with van der Waals surface area (Å²) in [6.07, 6.45) is 3.85. The highest BCUT2D eigenvalue weighted by atomic mass is 16.5. The van der Waals surface area contributed by atoms with E-state index in [2.05, 4.69) is 13.0 Å². The van der Waals surface area contributed by atoms with Crippen LogP contribution in [0.2, 0.25) is 0 Å². The molecule has 2 aliphatic rings. The van der Waals surface area contributed by atoms with Crippen LogP contribution >= 0.6 is 0 Å². The van der Waals surface area contributed by atoms with E-state index in [9.17, 15) is 10.4 Å². The number of nitriles is 1. The van der Waals surface area contributed by atoms with E-state index < -0.39 is 5.41 Å². The Labute approximate surface area is 103 Å². The molecule has 2 unspecified atom stereocenters. The molecule has 1 fully saturated rings. The Balaban J connectivity index is 2.51. The number of aliphatic hydroxyl groups is 1. The van der Waals surface area contributed by atoms with Gasteiger partial charge in [-0.3, -0.25) is 0 Å². The molecule has 1 heterocycles. The molecule has 0 radical (unpaired) electrons. The summed E-state index contributed by atoms with van der Waals surface area (Å²) in [6, 6.07) is 2.18. The molecule has 3 heteroatoms. The van der Waals surface area contributed by atoms with Crippen LogP contribution in [0.3, 0.4) is 0 Å². The van der Waals surface area contributed by atoms with Gasteiger partial charge in [-0.05, 0) is 25.7 Å². The Bertz CT molecular complexity index is 392. The molecular weight excluding hydrogens is 214 g/mol. The van der Waals surface area contributed by atoms with Gasteiger partial charge in [-0.2, -0.15) is 5.26 Å². The van der Waals surface area contributed by atoms with Crippen molar-refractivity contribution in [1.29, 1.82) is 5.26 Å². The Morgan fingerprint density at radius 1 is 1.53 bits per heavy atom. The number of fused-ring (bicyclic) bond motifs is 1. The van der Waals surface area contributed by atoms with E-state index in [0.717, 1.165) is 25.9 Å². The molecule has 0 aromatic carbocycles. The summed E-state index contributed by atoms with van der Waals surface area (Å²) >= 11 is 0. The number of hydrogen-bond acceptors (Lipinski definition) is 3. The minimum absolute atomic E-state index is 0.0332. The second kappa shape index (κ2) is 4.03. The second-order valence-corrected chi connectivity index (χ2v) is 5.91. The average molecular weight is 235 g/mol. The van der Waals surface area contributed by atoms with Crippen LogP contribution in [0.25, 0.3) is 0 Å². The number of allylic oxidation sites excluding steroid dienone is 1. The average Bonchev–Trinajstić information content (AvgIpc) is 2.34. The maximum atomic E-state index is 10.2. The molecular formula is C14H21NO2. The van der Waals surface area contributed by atoms with Gasteiger partial charge in [0.05, 0.1) is 17.7 Å². The Kier molecular flexibility index (Phi) is 2.95. The third-order valence-electron chi connectivity index (χ3n) is 4.58. The molecule has 2 atom stereocenters. The Morgan fingerprint density at radius 3 is 2.82 bits per heavy atom. The van der Waals surface area contributed by atoms with Crippen molar-refractivity contribution in [2.24, 2.45) is 10.8 Å². The first-order valence-electron chi connectivity index (χ1n) is 6.42. The standard InChI is InChI=1S/C14H21NO2/c1-4-14-6-5-7-17-12(14)13(2,3)11(16)10(8-14)9-15/h12,16H,4-8H2,1-3H3. The maximum absolute atomic E-state index is 10.2. The normalized spacial score (nSPS) is 36.2. The number of aliphatic hydroxyl groups excluding tert-OH is 1. The van der Waals surface area contributed by atoms with Gasteiger partial charge in [-0.15, -0.1) is 0 Å². The maximum Gasteiger partial charge on any atom is 0.114 e. The van der Waals surface area contributed by atoms with Gasteiger partial charge in [0.2, 0.25) is 0 Å². The second-order valence-electron chi connectivity index (χ2n) is 5.91. The molecule has 1 aliphatic heterocycles. The zero-order valence-electron chi connectivity index (χ0n) is 10.9. The van der Waals surface area contributed by atoms with Crippen molar-refractivity contribution in [2.45, 2.75) is 52.6 Å². The molecule has 0 saturated carbocycles. The van der Waals surface area contributed by atoms with Crippen LogP contribution in [0.5, 0.6) is 0 Å². The van der Waals surface area contributed by atoms with E-state index in [-0.39, 0.29) is 17.3 Å². The molecule has 1 N–H and O–H groups in total. The van der Waals surface area contributed by atoms with Crippen LogP contribution in [0.4, 0.5) is 0 Å². The van der Waals surface area contributed by atoms with Crippen molar-refractivity contribution in [3.8, 4) is 6.07 Å². The van der Waals surface area contributed by atoms with Crippen LogP contribution in [-0.4, -0.2) is 17.8 Å². The van der Waals surface area contributed by atoms with Crippen LogP contribution in [0.15, 0.2) is 11.3 Å². The lowest BCUT2D eigenvalue weighted by Gasteiger charge is -2.53. The van der Waals surface area contributed by atoms with Gasteiger partial charge in [0.15, 0.2) is 0 Å². The minimum atomic E-state index is -0.445. The van der Waals surface area contributed by atoms with Gasteiger partial charge < -0.3 is 9.84 Å². The zero-order chi connectivity index (χ0) is 12.7. The van der Waals surface area contributed by atoms with Crippen LogP contribution in [0, 0.1) is 22.2 Å². The summed E-state index contributed by atoms with van der Waals surface area (Å²) < 4.78 is 5.95. The van der Waals surface area contributed by atoms with E-state index in [1.807, 2.05) is 13.8 Å². The smallest absolute Gasteiger partial charge is 0.114 e. The number of hydrogen-bond donors (Lipinski definition) is 1. The van der Waals surface area contributed by atoms with Crippen molar-refractivity contribution in [1.82, 2.24) is 0 Å². The summed E-state index contributed by atoms with van der Waals surface area (Å²) in [5.41, 5.74) is 0.150. The third-order valence-corrected chi connectivity index (χ3v) is 4.58. The lowest BCUT2D eigenvalue weighted by atomic mass is 9.58. The molecule has 0 aromatic heterocycles. The van der Waals surface area contributed by atoms with E-state index in [1.165, 1.54) is 0 Å². The Hall–Kier alpha value is -1.01. The predicted octanol–water partition coefficient (Wildman–Crippen LogP) is 3.33. The van der Waals surface area contributed by atoms with E-state index in [1.54, 1.807) is 0 Å². The predicted molar refractivity (Wildman–Crippen MR) is 65.4 cm³/mol. The fourth-order valence-corrected chi connectivity index (χ4v) is 3.62. The van der Waals surface area contributed by atoms with Crippen molar-refractivity contribution in [3.63, 3.8) is 0 Å². The van der Waals surface area contributed by atoms with E-state index in [4.69, 9.17) is 4.74 Å². The van der Waals surface area contributed by atoms with Gasteiger partial charge in [0.25, 0.3) is 0 Å². The van der Waals surface area contributed by atoms with Gasteiger partial charge in [0.1, 0.15) is 5.76 Å². The van der Waals surface area contributed by atoms with Crippen molar-refractivity contribution in [2.75, 3.05) is 6.61 Å². The van der Waals surface area contributed by atoms with Gasteiger partial charge in [-0.25, -0.2) is 0 Å². The minimum Gasteiger partial charge on any atom is -0.511 e. The zero-order valence-corrected chi connectivity index (χ0v) is 10.9. The number of ether oxygens (including phenoxy) is 1. The fraction of sp³-hybridized carbons (Fsp3) is 0.786. The van der Waals surface area contributed by atoms with Crippen molar-refractivity contribution in [3.05, 3.63) is 11.3 Å². The van der Waals surface area contributed by atoms with Crippen LogP contribution < -0.4 is 0 Å². The molecule has 17 heavy (non-hydrogen) atoms. The molecule has 1 saturated heterocycles. The first-order valence-corrected chi connectivity index (χ1v) is 6.42. The highest BCUT2D eigenvalue weighted by molar-refractivity contribution is 5.34. The molecule has 0 aromatic rings. The van der Waals surface area contributed by atoms with Crippen molar-refractivity contribution < 1.29 is 9.84 Å². The number of rotatable bonds is 1. The summed E-state index contributed by atoms with van der Waals surface area (Å²) in [7, 11) is 0. The molecule has 0 bridgehead atoms. The topological polar surface area (TPSA) is 53.2 Å².